The first-order chi connectivity index (χ1) is 14.7. The van der Waals surface area contributed by atoms with Crippen molar-refractivity contribution in [1.82, 2.24) is 10.2 Å². The molecule has 0 atom stereocenters. The molecule has 156 valence electrons. The van der Waals surface area contributed by atoms with Gasteiger partial charge in [-0.2, -0.15) is 0 Å². The summed E-state index contributed by atoms with van der Waals surface area (Å²) in [4.78, 5) is 27.6. The third-order valence-electron chi connectivity index (χ3n) is 5.11. The van der Waals surface area contributed by atoms with Crippen LogP contribution in [0.1, 0.15) is 27.3 Å². The van der Waals surface area contributed by atoms with Gasteiger partial charge in [0.25, 0.3) is 11.8 Å². The molecule has 1 fully saturated rings. The van der Waals surface area contributed by atoms with Crippen LogP contribution in [0.4, 0.5) is 5.69 Å². The Morgan fingerprint density at radius 2 is 1.73 bits per heavy atom. The van der Waals surface area contributed by atoms with E-state index < -0.39 is 5.91 Å². The van der Waals surface area contributed by atoms with E-state index in [1.807, 2.05) is 24.3 Å². The van der Waals surface area contributed by atoms with Crippen molar-refractivity contribution in [3.8, 4) is 0 Å². The molecule has 1 aromatic heterocycles. The minimum Gasteiger partial charge on any atom is -0.451 e. The van der Waals surface area contributed by atoms with E-state index in [2.05, 4.69) is 15.5 Å². The molecule has 1 aliphatic rings. The molecule has 2 amide bonds. The number of rotatable bonds is 7. The number of furan rings is 1. The van der Waals surface area contributed by atoms with Gasteiger partial charge in [0.2, 0.25) is 0 Å². The fraction of sp³-hybridized carbons (Fsp3) is 0.304. The first-order valence-electron chi connectivity index (χ1n) is 10.2. The van der Waals surface area contributed by atoms with Crippen LogP contribution in [-0.4, -0.2) is 56.1 Å². The van der Waals surface area contributed by atoms with E-state index in [4.69, 9.17) is 9.15 Å². The van der Waals surface area contributed by atoms with Crippen molar-refractivity contribution >= 4 is 28.5 Å². The van der Waals surface area contributed by atoms with Crippen molar-refractivity contribution in [2.75, 3.05) is 44.7 Å². The lowest BCUT2D eigenvalue weighted by molar-refractivity contribution is 0.0374. The molecule has 7 nitrogen and oxygen atoms in total. The molecule has 0 unspecified atom stereocenters. The molecule has 30 heavy (non-hydrogen) atoms. The summed E-state index contributed by atoms with van der Waals surface area (Å²) in [5.41, 5.74) is 1.52. The molecular formula is C23H25N3O4. The van der Waals surface area contributed by atoms with Gasteiger partial charge in [0.15, 0.2) is 5.76 Å². The second-order valence-electron chi connectivity index (χ2n) is 7.21. The van der Waals surface area contributed by atoms with Crippen LogP contribution in [0.2, 0.25) is 0 Å². The Bertz CT molecular complexity index is 991. The first kappa shape index (κ1) is 20.1. The van der Waals surface area contributed by atoms with Crippen molar-refractivity contribution in [2.24, 2.45) is 0 Å². The maximum Gasteiger partial charge on any atom is 0.291 e. The number of fused-ring (bicyclic) bond motifs is 1. The van der Waals surface area contributed by atoms with E-state index in [0.29, 0.717) is 23.4 Å². The van der Waals surface area contributed by atoms with Gasteiger partial charge < -0.3 is 19.8 Å². The number of nitrogens with zero attached hydrogens (tertiary/aromatic N) is 1. The zero-order valence-electron chi connectivity index (χ0n) is 16.7. The lowest BCUT2D eigenvalue weighted by Gasteiger charge is -2.26. The molecule has 2 heterocycles. The smallest absolute Gasteiger partial charge is 0.291 e. The third-order valence-corrected chi connectivity index (χ3v) is 5.11. The molecule has 0 radical (unpaired) electrons. The molecule has 1 saturated heterocycles. The van der Waals surface area contributed by atoms with Crippen LogP contribution in [-0.2, 0) is 4.74 Å². The van der Waals surface area contributed by atoms with Crippen molar-refractivity contribution in [3.63, 3.8) is 0 Å². The summed E-state index contributed by atoms with van der Waals surface area (Å²) >= 11 is 0. The van der Waals surface area contributed by atoms with Crippen molar-refractivity contribution in [3.05, 3.63) is 65.9 Å². The van der Waals surface area contributed by atoms with E-state index in [9.17, 15) is 9.59 Å². The van der Waals surface area contributed by atoms with Gasteiger partial charge in [-0.25, -0.2) is 0 Å². The molecule has 0 spiro atoms. The van der Waals surface area contributed by atoms with E-state index in [-0.39, 0.29) is 11.7 Å². The predicted octanol–water partition coefficient (Wildman–Crippen LogP) is 3.14. The summed E-state index contributed by atoms with van der Waals surface area (Å²) in [5.74, 6) is -0.395. The van der Waals surface area contributed by atoms with Crippen LogP contribution >= 0.6 is 0 Å². The van der Waals surface area contributed by atoms with Crippen LogP contribution in [0.5, 0.6) is 0 Å². The van der Waals surface area contributed by atoms with Gasteiger partial charge in [-0.15, -0.1) is 0 Å². The quantitative estimate of drug-likeness (QED) is 0.588. The fourth-order valence-electron chi connectivity index (χ4n) is 3.49. The van der Waals surface area contributed by atoms with Crippen molar-refractivity contribution < 1.29 is 18.7 Å². The van der Waals surface area contributed by atoms with Crippen molar-refractivity contribution in [2.45, 2.75) is 6.42 Å². The Labute approximate surface area is 175 Å². The maximum atomic E-state index is 12.7. The summed E-state index contributed by atoms with van der Waals surface area (Å²) in [6.45, 7) is 4.90. The number of hydrogen-bond acceptors (Lipinski definition) is 5. The topological polar surface area (TPSA) is 83.8 Å². The molecule has 3 aromatic rings. The average Bonchev–Trinajstić information content (AvgIpc) is 3.22. The SMILES string of the molecule is O=C(Nc1ccccc1C(=O)NCCCN1CCOCC1)c1cc2ccccc2o1. The first-order valence-corrected chi connectivity index (χ1v) is 10.2. The average molecular weight is 407 g/mol. The number of carbonyl (C=O) groups is 2. The van der Waals surface area contributed by atoms with E-state index >= 15 is 0 Å². The molecular weight excluding hydrogens is 382 g/mol. The number of morpholine rings is 1. The van der Waals surface area contributed by atoms with Crippen LogP contribution < -0.4 is 10.6 Å². The second-order valence-corrected chi connectivity index (χ2v) is 7.21. The summed E-state index contributed by atoms with van der Waals surface area (Å²) in [6.07, 6.45) is 0.860. The Balaban J connectivity index is 1.35. The summed E-state index contributed by atoms with van der Waals surface area (Å²) in [7, 11) is 0. The zero-order chi connectivity index (χ0) is 20.8. The highest BCUT2D eigenvalue weighted by atomic mass is 16.5. The molecule has 0 saturated carbocycles. The Kier molecular flexibility index (Phi) is 6.41. The minimum atomic E-state index is -0.390. The number of ether oxygens (including phenoxy) is 1. The molecule has 1 aliphatic heterocycles. The number of carbonyl (C=O) groups excluding carboxylic acids is 2. The minimum absolute atomic E-state index is 0.205. The van der Waals surface area contributed by atoms with Crippen LogP contribution in [0.15, 0.2) is 59.0 Å². The van der Waals surface area contributed by atoms with Crippen LogP contribution in [0.25, 0.3) is 11.0 Å². The molecule has 0 aliphatic carbocycles. The maximum absolute atomic E-state index is 12.7. The summed E-state index contributed by atoms with van der Waals surface area (Å²) in [5, 5.41) is 6.59. The molecule has 0 bridgehead atoms. The largest absolute Gasteiger partial charge is 0.451 e. The highest BCUT2D eigenvalue weighted by Crippen LogP contribution is 2.21. The molecule has 7 heteroatoms. The van der Waals surface area contributed by atoms with Crippen molar-refractivity contribution in [1.29, 1.82) is 0 Å². The summed E-state index contributed by atoms with van der Waals surface area (Å²) < 4.78 is 11.0. The Morgan fingerprint density at radius 1 is 0.967 bits per heavy atom. The van der Waals surface area contributed by atoms with E-state index in [0.717, 1.165) is 44.7 Å². The third kappa shape index (κ3) is 4.87. The number of nitrogens with one attached hydrogen (secondary N) is 2. The summed E-state index contributed by atoms with van der Waals surface area (Å²) in [6, 6.07) is 16.1. The van der Waals surface area contributed by atoms with Gasteiger partial charge >= 0.3 is 0 Å². The van der Waals surface area contributed by atoms with E-state index in [1.54, 1.807) is 30.3 Å². The number of hydrogen-bond donors (Lipinski definition) is 2. The van der Waals surface area contributed by atoms with Gasteiger partial charge in [0, 0.05) is 25.0 Å². The lowest BCUT2D eigenvalue weighted by Crippen LogP contribution is -2.38. The van der Waals surface area contributed by atoms with E-state index in [1.165, 1.54) is 0 Å². The van der Waals surface area contributed by atoms with Crippen LogP contribution in [0.3, 0.4) is 0 Å². The standard InChI is InChI=1S/C23H25N3O4/c27-22(24-10-5-11-26-12-14-29-15-13-26)18-7-2-3-8-19(18)25-23(28)21-16-17-6-1-4-9-20(17)30-21/h1-4,6-9,16H,5,10-15H2,(H,24,27)(H,25,28). The highest BCUT2D eigenvalue weighted by molar-refractivity contribution is 6.09. The Hall–Kier alpha value is -3.16. The molecule has 4 rings (SSSR count). The number of anilines is 1. The molecule has 2 aromatic carbocycles. The van der Waals surface area contributed by atoms with Gasteiger partial charge in [-0.1, -0.05) is 30.3 Å². The number of para-hydroxylation sites is 2. The predicted molar refractivity (Wildman–Crippen MR) is 115 cm³/mol. The van der Waals surface area contributed by atoms with Gasteiger partial charge in [-0.05, 0) is 37.2 Å². The fourth-order valence-corrected chi connectivity index (χ4v) is 3.49. The van der Waals surface area contributed by atoms with Gasteiger partial charge in [0.05, 0.1) is 24.5 Å². The zero-order valence-corrected chi connectivity index (χ0v) is 16.7. The number of benzene rings is 2. The normalized spacial score (nSPS) is 14.5. The van der Waals surface area contributed by atoms with Gasteiger partial charge in [-0.3, -0.25) is 14.5 Å². The monoisotopic (exact) mass is 407 g/mol. The highest BCUT2D eigenvalue weighted by Gasteiger charge is 2.17. The Morgan fingerprint density at radius 3 is 2.57 bits per heavy atom. The molecule has 2 N–H and O–H groups in total. The number of amides is 2. The van der Waals surface area contributed by atoms with Crippen LogP contribution in [0, 0.1) is 0 Å². The second kappa shape index (κ2) is 9.56. The lowest BCUT2D eigenvalue weighted by atomic mass is 10.1. The van der Waals surface area contributed by atoms with Gasteiger partial charge in [0.1, 0.15) is 5.58 Å².